The van der Waals surface area contributed by atoms with Crippen LogP contribution >= 0.6 is 0 Å². The van der Waals surface area contributed by atoms with Crippen LogP contribution in [-0.4, -0.2) is 43.4 Å². The maximum atomic E-state index is 11.7. The Bertz CT molecular complexity index is 417. The SMILES string of the molecule is CCC(=O)OCCCCOC(=O)NCC1(OC(C)=O)CCCCC1. The van der Waals surface area contributed by atoms with Gasteiger partial charge in [-0.25, -0.2) is 4.79 Å². The van der Waals surface area contributed by atoms with Crippen LogP contribution in [-0.2, 0) is 23.8 Å². The highest BCUT2D eigenvalue weighted by Crippen LogP contribution is 2.31. The number of alkyl carbamates (subject to hydrolysis) is 1. The molecular formula is C17H29NO6. The van der Waals surface area contributed by atoms with Crippen LogP contribution in [0.4, 0.5) is 4.79 Å². The molecule has 7 nitrogen and oxygen atoms in total. The van der Waals surface area contributed by atoms with Crippen LogP contribution in [0.15, 0.2) is 0 Å². The number of ether oxygens (including phenoxy) is 3. The van der Waals surface area contributed by atoms with Crippen LogP contribution in [0, 0.1) is 0 Å². The highest BCUT2D eigenvalue weighted by atomic mass is 16.6. The minimum absolute atomic E-state index is 0.225. The van der Waals surface area contributed by atoms with Gasteiger partial charge in [-0.05, 0) is 38.5 Å². The summed E-state index contributed by atoms with van der Waals surface area (Å²) in [4.78, 5) is 34.0. The molecule has 24 heavy (non-hydrogen) atoms. The van der Waals surface area contributed by atoms with Crippen LogP contribution < -0.4 is 5.32 Å². The quantitative estimate of drug-likeness (QED) is 0.393. The first-order chi connectivity index (χ1) is 11.5. The zero-order chi connectivity index (χ0) is 17.8. The molecule has 0 spiro atoms. The summed E-state index contributed by atoms with van der Waals surface area (Å²) in [5, 5.41) is 2.69. The van der Waals surface area contributed by atoms with Crippen molar-refractivity contribution < 1.29 is 28.6 Å². The van der Waals surface area contributed by atoms with E-state index in [-0.39, 0.29) is 25.1 Å². The molecule has 0 aromatic carbocycles. The van der Waals surface area contributed by atoms with Crippen LogP contribution in [0.2, 0.25) is 0 Å². The first-order valence-corrected chi connectivity index (χ1v) is 8.73. The molecule has 1 amide bonds. The third-order valence-electron chi connectivity index (χ3n) is 4.00. The zero-order valence-corrected chi connectivity index (χ0v) is 14.7. The lowest BCUT2D eigenvalue weighted by atomic mass is 9.84. The van der Waals surface area contributed by atoms with Crippen molar-refractivity contribution >= 4 is 18.0 Å². The first kappa shape index (κ1) is 20.3. The number of hydrogen-bond donors (Lipinski definition) is 1. The smallest absolute Gasteiger partial charge is 0.407 e. The van der Waals surface area contributed by atoms with Gasteiger partial charge in [-0.1, -0.05) is 13.3 Å². The van der Waals surface area contributed by atoms with E-state index in [0.717, 1.165) is 32.1 Å². The maximum Gasteiger partial charge on any atom is 0.407 e. The van der Waals surface area contributed by atoms with Crippen molar-refractivity contribution in [3.8, 4) is 0 Å². The molecule has 1 aliphatic carbocycles. The number of hydrogen-bond acceptors (Lipinski definition) is 6. The highest BCUT2D eigenvalue weighted by molar-refractivity contribution is 5.69. The van der Waals surface area contributed by atoms with E-state index in [4.69, 9.17) is 14.2 Å². The van der Waals surface area contributed by atoms with E-state index < -0.39 is 11.7 Å². The molecular weight excluding hydrogens is 314 g/mol. The second-order valence-corrected chi connectivity index (χ2v) is 6.11. The van der Waals surface area contributed by atoms with Crippen molar-refractivity contribution in [2.24, 2.45) is 0 Å². The molecule has 7 heteroatoms. The van der Waals surface area contributed by atoms with E-state index in [1.165, 1.54) is 6.92 Å². The summed E-state index contributed by atoms with van der Waals surface area (Å²) in [5.74, 6) is -0.550. The molecule has 0 atom stereocenters. The number of esters is 2. The van der Waals surface area contributed by atoms with Crippen LogP contribution in [0.3, 0.4) is 0 Å². The topological polar surface area (TPSA) is 90.9 Å². The highest BCUT2D eigenvalue weighted by Gasteiger charge is 2.35. The Morgan fingerprint density at radius 3 is 2.21 bits per heavy atom. The largest absolute Gasteiger partial charge is 0.466 e. The van der Waals surface area contributed by atoms with Crippen molar-refractivity contribution in [3.63, 3.8) is 0 Å². The lowest BCUT2D eigenvalue weighted by molar-refractivity contribution is -0.160. The second kappa shape index (κ2) is 10.9. The second-order valence-electron chi connectivity index (χ2n) is 6.11. The predicted octanol–water partition coefficient (Wildman–Crippen LogP) is 2.71. The zero-order valence-electron chi connectivity index (χ0n) is 14.7. The van der Waals surface area contributed by atoms with Gasteiger partial charge in [0.05, 0.1) is 19.8 Å². The Labute approximate surface area is 143 Å². The van der Waals surface area contributed by atoms with Gasteiger partial charge in [0.2, 0.25) is 0 Å². The fourth-order valence-electron chi connectivity index (χ4n) is 2.76. The summed E-state index contributed by atoms with van der Waals surface area (Å²) in [6.07, 6.45) is 5.74. The van der Waals surface area contributed by atoms with Crippen molar-refractivity contribution in [2.75, 3.05) is 19.8 Å². The molecule has 0 radical (unpaired) electrons. The van der Waals surface area contributed by atoms with Crippen LogP contribution in [0.1, 0.15) is 65.2 Å². The molecule has 0 aliphatic heterocycles. The first-order valence-electron chi connectivity index (χ1n) is 8.73. The van der Waals surface area contributed by atoms with E-state index in [1.807, 2.05) is 0 Å². The van der Waals surface area contributed by atoms with Crippen LogP contribution in [0.25, 0.3) is 0 Å². The summed E-state index contributed by atoms with van der Waals surface area (Å²) in [7, 11) is 0. The third kappa shape index (κ3) is 8.17. The molecule has 0 unspecified atom stereocenters. The maximum absolute atomic E-state index is 11.7. The number of carbonyl (C=O) groups is 3. The Hall–Kier alpha value is -1.79. The molecule has 0 saturated heterocycles. The predicted molar refractivity (Wildman–Crippen MR) is 87.4 cm³/mol. The van der Waals surface area contributed by atoms with Crippen molar-refractivity contribution in [1.29, 1.82) is 0 Å². The molecule has 0 aromatic heterocycles. The molecule has 1 saturated carbocycles. The summed E-state index contributed by atoms with van der Waals surface area (Å²) in [6, 6.07) is 0. The number of unbranched alkanes of at least 4 members (excludes halogenated alkanes) is 1. The van der Waals surface area contributed by atoms with E-state index in [1.54, 1.807) is 6.92 Å². The molecule has 0 heterocycles. The van der Waals surface area contributed by atoms with Gasteiger partial charge in [0, 0.05) is 13.3 Å². The normalized spacial score (nSPS) is 16.1. The monoisotopic (exact) mass is 343 g/mol. The van der Waals surface area contributed by atoms with Crippen molar-refractivity contribution in [2.45, 2.75) is 70.8 Å². The Morgan fingerprint density at radius 1 is 1.00 bits per heavy atom. The van der Waals surface area contributed by atoms with Gasteiger partial charge in [0.15, 0.2) is 0 Å². The minimum atomic E-state index is -0.600. The Morgan fingerprint density at radius 2 is 1.62 bits per heavy atom. The molecule has 1 fully saturated rings. The molecule has 1 aliphatic rings. The van der Waals surface area contributed by atoms with E-state index in [0.29, 0.717) is 25.9 Å². The lowest BCUT2D eigenvalue weighted by Crippen LogP contribution is -2.47. The lowest BCUT2D eigenvalue weighted by Gasteiger charge is -2.36. The van der Waals surface area contributed by atoms with Crippen molar-refractivity contribution in [3.05, 3.63) is 0 Å². The van der Waals surface area contributed by atoms with E-state index in [9.17, 15) is 14.4 Å². The molecule has 1 N–H and O–H groups in total. The van der Waals surface area contributed by atoms with Gasteiger partial charge in [0.1, 0.15) is 5.60 Å². The Balaban J connectivity index is 2.19. The van der Waals surface area contributed by atoms with Gasteiger partial charge in [-0.15, -0.1) is 0 Å². The van der Waals surface area contributed by atoms with Gasteiger partial charge in [-0.2, -0.15) is 0 Å². The molecule has 138 valence electrons. The van der Waals surface area contributed by atoms with Gasteiger partial charge in [-0.3, -0.25) is 9.59 Å². The summed E-state index contributed by atoms with van der Waals surface area (Å²) in [6.45, 7) is 4.01. The number of rotatable bonds is 9. The Kier molecular flexibility index (Phi) is 9.19. The molecule has 0 aromatic rings. The van der Waals surface area contributed by atoms with E-state index in [2.05, 4.69) is 5.32 Å². The van der Waals surface area contributed by atoms with Crippen molar-refractivity contribution in [1.82, 2.24) is 5.32 Å². The summed E-state index contributed by atoms with van der Waals surface area (Å²) >= 11 is 0. The van der Waals surface area contributed by atoms with E-state index >= 15 is 0 Å². The standard InChI is InChI=1S/C17H29NO6/c1-3-15(20)22-11-7-8-12-23-16(21)18-13-17(24-14(2)19)9-5-4-6-10-17/h3-13H2,1-2H3,(H,18,21). The average Bonchev–Trinajstić information content (AvgIpc) is 2.56. The molecule has 0 bridgehead atoms. The third-order valence-corrected chi connectivity index (χ3v) is 4.00. The fraction of sp³-hybridized carbons (Fsp3) is 0.824. The van der Waals surface area contributed by atoms with Gasteiger partial charge in [0.25, 0.3) is 0 Å². The van der Waals surface area contributed by atoms with Gasteiger partial charge < -0.3 is 19.5 Å². The fourth-order valence-corrected chi connectivity index (χ4v) is 2.76. The number of carbonyl (C=O) groups excluding carboxylic acids is 3. The molecule has 1 rings (SSSR count). The van der Waals surface area contributed by atoms with Crippen LogP contribution in [0.5, 0.6) is 0 Å². The number of nitrogens with one attached hydrogen (secondary N) is 1. The summed E-state index contributed by atoms with van der Waals surface area (Å²) < 4.78 is 15.5. The minimum Gasteiger partial charge on any atom is -0.466 e. The number of amides is 1. The summed E-state index contributed by atoms with van der Waals surface area (Å²) in [5.41, 5.74) is -0.600. The average molecular weight is 343 g/mol. The van der Waals surface area contributed by atoms with Gasteiger partial charge >= 0.3 is 18.0 Å².